The lowest BCUT2D eigenvalue weighted by atomic mass is 10.1. The third kappa shape index (κ3) is 16.7. The van der Waals surface area contributed by atoms with Gasteiger partial charge in [-0.3, -0.25) is 24.2 Å². The summed E-state index contributed by atoms with van der Waals surface area (Å²) in [4.78, 5) is 58.7. The van der Waals surface area contributed by atoms with Gasteiger partial charge in [0, 0.05) is 12.2 Å². The van der Waals surface area contributed by atoms with Gasteiger partial charge in [0.2, 0.25) is 11.8 Å². The van der Waals surface area contributed by atoms with Gasteiger partial charge in [-0.25, -0.2) is 4.98 Å². The average Bonchev–Trinajstić information content (AvgIpc) is 2.97. The maximum atomic E-state index is 12.6. The van der Waals surface area contributed by atoms with Crippen LogP contribution >= 0.6 is 23.5 Å². The first-order valence-electron chi connectivity index (χ1n) is 14.9. The number of fused-ring (bicyclic) bond motifs is 2. The number of nitrogens with zero attached hydrogens (tertiary/aromatic N) is 2. The minimum absolute atomic E-state index is 0.0758. The molecule has 1 aliphatic heterocycles. The fourth-order valence-electron chi connectivity index (χ4n) is 3.70. The molecule has 0 aromatic carbocycles. The number of cyclic esters (lactones) is 1. The molecule has 1 aromatic rings. The molecule has 2 atom stereocenters. The molecule has 0 fully saturated rings. The third-order valence-electron chi connectivity index (χ3n) is 5.84. The van der Waals surface area contributed by atoms with Crippen LogP contribution in [-0.2, 0) is 30.5 Å². The summed E-state index contributed by atoms with van der Waals surface area (Å²) in [5.41, 5.74) is 1.25. The number of allylic oxidation sites excluding steroid dienone is 1. The van der Waals surface area contributed by atoms with Crippen LogP contribution in [0, 0.1) is 0 Å². The number of ether oxygens (including phenoxy) is 1. The number of pyridine rings is 1. The van der Waals surface area contributed by atoms with Crippen LogP contribution in [0.2, 0.25) is 0 Å². The highest BCUT2D eigenvalue weighted by Crippen LogP contribution is 2.14. The van der Waals surface area contributed by atoms with Gasteiger partial charge >= 0.3 is 5.97 Å². The first-order valence-corrected chi connectivity index (χ1v) is 17.1. The summed E-state index contributed by atoms with van der Waals surface area (Å²) in [5.74, 6) is -0.760. The Morgan fingerprint density at radius 3 is 2.52 bits per heavy atom. The summed E-state index contributed by atoms with van der Waals surface area (Å²) in [6.45, 7) is 7.92. The van der Waals surface area contributed by atoms with E-state index in [2.05, 4.69) is 41.4 Å². The van der Waals surface area contributed by atoms with Crippen molar-refractivity contribution in [3.05, 3.63) is 41.7 Å². The molecule has 0 radical (unpaired) electrons. The van der Waals surface area contributed by atoms with E-state index in [1.165, 1.54) is 49.2 Å². The molecule has 2 unspecified atom stereocenters. The maximum absolute atomic E-state index is 12.6. The van der Waals surface area contributed by atoms with Crippen LogP contribution in [-0.4, -0.2) is 63.6 Å². The molecule has 1 aromatic heterocycles. The Bertz CT molecular complexity index is 1050. The van der Waals surface area contributed by atoms with E-state index in [9.17, 15) is 19.2 Å². The van der Waals surface area contributed by atoms with Crippen LogP contribution in [0.25, 0.3) is 0 Å². The first kappa shape index (κ1) is 37.4. The van der Waals surface area contributed by atoms with Gasteiger partial charge in [-0.05, 0) is 44.2 Å². The van der Waals surface area contributed by atoms with Crippen molar-refractivity contribution in [1.82, 2.24) is 15.6 Å². The number of esters is 1. The Morgan fingerprint density at radius 1 is 1.07 bits per heavy atom. The van der Waals surface area contributed by atoms with E-state index >= 15 is 0 Å². The van der Waals surface area contributed by atoms with E-state index in [4.69, 9.17) is 4.74 Å². The summed E-state index contributed by atoms with van der Waals surface area (Å²) in [7, 11) is 0. The number of aromatic nitrogens is 1. The van der Waals surface area contributed by atoms with Crippen LogP contribution < -0.4 is 10.6 Å². The lowest BCUT2D eigenvalue weighted by Gasteiger charge is -2.16. The largest absolute Gasteiger partial charge is 0.456 e. The molecular formula is C31H48N4O5S2. The monoisotopic (exact) mass is 620 g/mol. The summed E-state index contributed by atoms with van der Waals surface area (Å²) in [6, 6.07) is 4.69. The van der Waals surface area contributed by atoms with Gasteiger partial charge in [0.15, 0.2) is 5.12 Å². The molecular weight excluding hydrogens is 572 g/mol. The molecule has 0 saturated carbocycles. The van der Waals surface area contributed by atoms with Crippen molar-refractivity contribution in [2.75, 3.05) is 18.6 Å². The van der Waals surface area contributed by atoms with Crippen molar-refractivity contribution >= 4 is 51.5 Å². The molecule has 11 heteroatoms. The zero-order valence-electron chi connectivity index (χ0n) is 25.8. The van der Waals surface area contributed by atoms with Gasteiger partial charge < -0.3 is 15.4 Å². The Labute approximate surface area is 259 Å². The number of hydrogen-bond acceptors (Lipinski definition) is 9. The van der Waals surface area contributed by atoms with Crippen molar-refractivity contribution in [2.24, 2.45) is 4.99 Å². The number of hydrogen-bond donors (Lipinski definition) is 2. The van der Waals surface area contributed by atoms with Crippen molar-refractivity contribution in [3.8, 4) is 0 Å². The molecule has 2 bridgehead atoms. The van der Waals surface area contributed by atoms with Gasteiger partial charge in [-0.15, -0.1) is 11.8 Å². The molecule has 42 heavy (non-hydrogen) atoms. The molecule has 2 heterocycles. The topological polar surface area (TPSA) is 127 Å². The third-order valence-corrected chi connectivity index (χ3v) is 7.50. The average molecular weight is 621 g/mol. The van der Waals surface area contributed by atoms with Crippen molar-refractivity contribution in [1.29, 1.82) is 0 Å². The smallest absolute Gasteiger partial charge is 0.326 e. The van der Waals surface area contributed by atoms with Gasteiger partial charge in [0.25, 0.3) is 0 Å². The molecule has 234 valence electrons. The molecule has 1 aliphatic rings. The number of unbranched alkanes of at least 4 members (excludes halogenated alkanes) is 4. The normalized spacial score (nSPS) is 18.3. The first-order chi connectivity index (χ1) is 20.2. The summed E-state index contributed by atoms with van der Waals surface area (Å²) in [6.07, 6.45) is 12.4. The van der Waals surface area contributed by atoms with Crippen LogP contribution in [0.3, 0.4) is 0 Å². The lowest BCUT2D eigenvalue weighted by molar-refractivity contribution is -0.148. The van der Waals surface area contributed by atoms with E-state index in [-0.39, 0.29) is 30.5 Å². The van der Waals surface area contributed by atoms with Crippen LogP contribution in [0.4, 0.5) is 0 Å². The van der Waals surface area contributed by atoms with E-state index in [0.717, 1.165) is 12.8 Å². The number of amides is 2. The van der Waals surface area contributed by atoms with Crippen LogP contribution in [0.5, 0.6) is 0 Å². The minimum Gasteiger partial charge on any atom is -0.456 e. The predicted molar refractivity (Wildman–Crippen MR) is 174 cm³/mol. The highest BCUT2D eigenvalue weighted by atomic mass is 32.2. The zero-order chi connectivity index (χ0) is 31.2. The van der Waals surface area contributed by atoms with Gasteiger partial charge in [-0.2, -0.15) is 0 Å². The quantitative estimate of drug-likeness (QED) is 0.196. The van der Waals surface area contributed by atoms with E-state index in [0.29, 0.717) is 35.0 Å². The zero-order valence-corrected chi connectivity index (χ0v) is 27.4. The lowest BCUT2D eigenvalue weighted by Crippen LogP contribution is -2.38. The standard InChI is InChI=1S/C28H40N4O5S2.C3H8/c1-4-5-6-7-8-15-26(35)39-16-10-9-13-22-17-24(33)29-18-21-12-11-14-23(32-21)28(38-3)31-20(2)27(36)30-19-25(34)37-22;1-3-2/h9,11-14,20,22H,4-8,10,15-19H2,1-3H3,(H,29,33)(H,30,36);3H2,1-2H3/b13-9+,31-28?;. The van der Waals surface area contributed by atoms with E-state index < -0.39 is 24.0 Å². The highest BCUT2D eigenvalue weighted by molar-refractivity contribution is 8.14. The number of carbonyl (C=O) groups excluding carboxylic acids is 4. The second-order valence-electron chi connectivity index (χ2n) is 9.86. The molecule has 0 saturated heterocycles. The molecule has 2 N–H and O–H groups in total. The number of rotatable bonds is 10. The fourth-order valence-corrected chi connectivity index (χ4v) is 5.06. The SMILES string of the molecule is CCC.CCCCCCCC(=O)SCC/C=C/C1CC(=O)NCc2cccc(n2)C(SC)=NC(C)C(=O)NCC(=O)O1. The molecule has 0 spiro atoms. The summed E-state index contributed by atoms with van der Waals surface area (Å²) < 4.78 is 5.47. The van der Waals surface area contributed by atoms with E-state index in [1.807, 2.05) is 18.4 Å². The Kier molecular flexibility index (Phi) is 20.4. The predicted octanol–water partition coefficient (Wildman–Crippen LogP) is 5.61. The number of aliphatic imine (C=N–C) groups is 1. The van der Waals surface area contributed by atoms with Crippen LogP contribution in [0.1, 0.15) is 96.9 Å². The van der Waals surface area contributed by atoms with Crippen LogP contribution in [0.15, 0.2) is 35.3 Å². The number of carbonyl (C=O) groups is 4. The molecule has 2 rings (SSSR count). The molecule has 0 aliphatic carbocycles. The minimum atomic E-state index is -0.806. The Balaban J connectivity index is 0.00000281. The molecule has 9 nitrogen and oxygen atoms in total. The second kappa shape index (κ2) is 22.9. The number of thioether (sulfide) groups is 2. The Morgan fingerprint density at radius 2 is 1.81 bits per heavy atom. The summed E-state index contributed by atoms with van der Waals surface area (Å²) in [5, 5.41) is 6.14. The van der Waals surface area contributed by atoms with Gasteiger partial charge in [-0.1, -0.05) is 76.8 Å². The van der Waals surface area contributed by atoms with Crippen molar-refractivity contribution < 1.29 is 23.9 Å². The highest BCUT2D eigenvalue weighted by Gasteiger charge is 2.20. The van der Waals surface area contributed by atoms with E-state index in [1.54, 1.807) is 25.1 Å². The van der Waals surface area contributed by atoms with Crippen molar-refractivity contribution in [3.63, 3.8) is 0 Å². The summed E-state index contributed by atoms with van der Waals surface area (Å²) >= 11 is 2.67. The Hall–Kier alpha value is -2.66. The van der Waals surface area contributed by atoms with Gasteiger partial charge in [0.05, 0.1) is 24.4 Å². The maximum Gasteiger partial charge on any atom is 0.326 e. The fraction of sp³-hybridized carbons (Fsp3) is 0.613. The van der Waals surface area contributed by atoms with Crippen molar-refractivity contribution in [2.45, 2.75) is 104 Å². The number of nitrogens with one attached hydrogen (secondary N) is 2. The van der Waals surface area contributed by atoms with Gasteiger partial charge in [0.1, 0.15) is 23.7 Å². The second-order valence-corrected chi connectivity index (χ2v) is 11.8. The molecule has 2 amide bonds.